The summed E-state index contributed by atoms with van der Waals surface area (Å²) in [4.78, 5) is 21.2. The Bertz CT molecular complexity index is 923. The van der Waals surface area contributed by atoms with Gasteiger partial charge in [0.1, 0.15) is 0 Å². The minimum absolute atomic E-state index is 0.0277. The molecular formula is C17H16ClN3OS2. The number of imidazole rings is 1. The Morgan fingerprint density at radius 3 is 3.17 bits per heavy atom. The van der Waals surface area contributed by atoms with Gasteiger partial charge in [0, 0.05) is 29.1 Å². The molecule has 0 fully saturated rings. The minimum Gasteiger partial charge on any atom is -0.332 e. The summed E-state index contributed by atoms with van der Waals surface area (Å²) < 4.78 is 1.90. The number of carbonyl (C=O) groups is 1. The van der Waals surface area contributed by atoms with Crippen LogP contribution in [0.5, 0.6) is 0 Å². The Hall–Kier alpha value is -1.63. The molecule has 0 saturated carbocycles. The van der Waals surface area contributed by atoms with Crippen LogP contribution in [0.1, 0.15) is 35.5 Å². The van der Waals surface area contributed by atoms with E-state index in [0.717, 1.165) is 30.0 Å². The van der Waals surface area contributed by atoms with E-state index in [0.29, 0.717) is 5.15 Å². The zero-order valence-corrected chi connectivity index (χ0v) is 15.5. The standard InChI is InChI=1S/C17H16ClN3OS2/c1-2-12-11-6-9-23-14(11)5-7-20(12)15(22)4-3-13-16(18)19-17-21(13)8-10-24-17/h3-4,6,8-10,12H,2,5,7H2,1H3/b4-3+. The number of carbonyl (C=O) groups excluding carboxylic acids is 1. The molecule has 24 heavy (non-hydrogen) atoms. The fourth-order valence-corrected chi connectivity index (χ4v) is 5.21. The van der Waals surface area contributed by atoms with Gasteiger partial charge in [-0.05, 0) is 35.9 Å². The maximum Gasteiger partial charge on any atom is 0.247 e. The number of nitrogens with zero attached hydrogens (tertiary/aromatic N) is 3. The SMILES string of the molecule is CCC1c2ccsc2CCN1C(=O)/C=C/c1c(Cl)nc2sccn12. The number of thiazole rings is 1. The van der Waals surface area contributed by atoms with Gasteiger partial charge >= 0.3 is 0 Å². The first-order valence-corrected chi connectivity index (χ1v) is 9.98. The van der Waals surface area contributed by atoms with Gasteiger partial charge in [0.2, 0.25) is 5.91 Å². The average molecular weight is 378 g/mol. The first-order valence-electron chi connectivity index (χ1n) is 7.85. The number of fused-ring (bicyclic) bond motifs is 2. The molecule has 0 saturated heterocycles. The summed E-state index contributed by atoms with van der Waals surface area (Å²) in [5, 5.41) is 4.50. The highest BCUT2D eigenvalue weighted by Crippen LogP contribution is 2.35. The van der Waals surface area contributed by atoms with Crippen LogP contribution in [0.3, 0.4) is 0 Å². The zero-order chi connectivity index (χ0) is 16.7. The predicted molar refractivity (Wildman–Crippen MR) is 99.9 cm³/mol. The van der Waals surface area contributed by atoms with Crippen molar-refractivity contribution in [1.82, 2.24) is 14.3 Å². The fraction of sp³-hybridized carbons (Fsp3) is 0.294. The van der Waals surface area contributed by atoms with Gasteiger partial charge in [-0.25, -0.2) is 4.98 Å². The molecule has 3 aromatic rings. The van der Waals surface area contributed by atoms with Gasteiger partial charge in [0.25, 0.3) is 0 Å². The molecule has 0 aromatic carbocycles. The third kappa shape index (κ3) is 2.59. The first kappa shape index (κ1) is 15.9. The van der Waals surface area contributed by atoms with E-state index in [4.69, 9.17) is 11.6 Å². The number of halogens is 1. The Labute approximate surface area is 153 Å². The van der Waals surface area contributed by atoms with E-state index in [9.17, 15) is 4.79 Å². The summed E-state index contributed by atoms with van der Waals surface area (Å²) in [5.41, 5.74) is 2.06. The molecule has 4 nitrogen and oxygen atoms in total. The van der Waals surface area contributed by atoms with Crippen molar-refractivity contribution in [3.63, 3.8) is 0 Å². The van der Waals surface area contributed by atoms with E-state index in [1.807, 2.05) is 20.9 Å². The highest BCUT2D eigenvalue weighted by Gasteiger charge is 2.29. The van der Waals surface area contributed by atoms with Crippen molar-refractivity contribution >= 4 is 51.2 Å². The molecule has 7 heteroatoms. The lowest BCUT2D eigenvalue weighted by atomic mass is 9.97. The summed E-state index contributed by atoms with van der Waals surface area (Å²) in [6.07, 6.45) is 7.16. The number of hydrogen-bond donors (Lipinski definition) is 0. The molecule has 0 radical (unpaired) electrons. The van der Waals surface area contributed by atoms with Gasteiger partial charge in [0.15, 0.2) is 10.1 Å². The molecule has 1 unspecified atom stereocenters. The van der Waals surface area contributed by atoms with Gasteiger partial charge in [0.05, 0.1) is 11.7 Å². The molecule has 1 aliphatic heterocycles. The van der Waals surface area contributed by atoms with Crippen LogP contribution < -0.4 is 0 Å². The van der Waals surface area contributed by atoms with Crippen molar-refractivity contribution in [3.05, 3.63) is 50.4 Å². The lowest BCUT2D eigenvalue weighted by Gasteiger charge is -2.34. The molecule has 4 rings (SSSR count). The van der Waals surface area contributed by atoms with E-state index in [1.165, 1.54) is 21.8 Å². The van der Waals surface area contributed by atoms with Crippen molar-refractivity contribution in [3.8, 4) is 0 Å². The quantitative estimate of drug-likeness (QED) is 0.622. The highest BCUT2D eigenvalue weighted by atomic mass is 35.5. The lowest BCUT2D eigenvalue weighted by Crippen LogP contribution is -2.38. The minimum atomic E-state index is 0.0277. The van der Waals surface area contributed by atoms with Crippen LogP contribution in [-0.2, 0) is 11.2 Å². The normalized spacial score (nSPS) is 17.8. The first-order chi connectivity index (χ1) is 11.7. The van der Waals surface area contributed by atoms with Crippen LogP contribution in [0.2, 0.25) is 5.15 Å². The second kappa shape index (κ2) is 6.35. The highest BCUT2D eigenvalue weighted by molar-refractivity contribution is 7.15. The van der Waals surface area contributed by atoms with E-state index in [1.54, 1.807) is 23.5 Å². The lowest BCUT2D eigenvalue weighted by molar-refractivity contribution is -0.128. The van der Waals surface area contributed by atoms with Crippen LogP contribution in [0.15, 0.2) is 29.1 Å². The second-order valence-electron chi connectivity index (χ2n) is 5.68. The monoisotopic (exact) mass is 377 g/mol. The molecule has 0 spiro atoms. The van der Waals surface area contributed by atoms with Crippen LogP contribution in [0.25, 0.3) is 11.0 Å². The Morgan fingerprint density at radius 2 is 2.33 bits per heavy atom. The largest absolute Gasteiger partial charge is 0.332 e. The van der Waals surface area contributed by atoms with Crippen molar-refractivity contribution in [1.29, 1.82) is 0 Å². The van der Waals surface area contributed by atoms with Gasteiger partial charge in [-0.15, -0.1) is 22.7 Å². The number of thiophene rings is 1. The molecule has 4 heterocycles. The summed E-state index contributed by atoms with van der Waals surface area (Å²) in [7, 11) is 0. The van der Waals surface area contributed by atoms with E-state index >= 15 is 0 Å². The summed E-state index contributed by atoms with van der Waals surface area (Å²) in [6, 6.07) is 2.32. The van der Waals surface area contributed by atoms with Gasteiger partial charge < -0.3 is 4.90 Å². The topological polar surface area (TPSA) is 37.6 Å². The zero-order valence-electron chi connectivity index (χ0n) is 13.1. The molecule has 0 bridgehead atoms. The van der Waals surface area contributed by atoms with Crippen LogP contribution in [-0.4, -0.2) is 26.7 Å². The third-order valence-electron chi connectivity index (χ3n) is 4.40. The van der Waals surface area contributed by atoms with E-state index in [-0.39, 0.29) is 11.9 Å². The number of aromatic nitrogens is 2. The molecule has 1 atom stereocenters. The maximum absolute atomic E-state index is 12.8. The molecule has 0 aliphatic carbocycles. The van der Waals surface area contributed by atoms with Gasteiger partial charge in [-0.1, -0.05) is 18.5 Å². The molecule has 0 N–H and O–H groups in total. The van der Waals surface area contributed by atoms with Gasteiger partial charge in [-0.3, -0.25) is 9.20 Å². The Balaban J connectivity index is 1.60. The summed E-state index contributed by atoms with van der Waals surface area (Å²) in [6.45, 7) is 2.90. The van der Waals surface area contributed by atoms with Crippen LogP contribution >= 0.6 is 34.3 Å². The van der Waals surface area contributed by atoms with E-state index in [2.05, 4.69) is 23.4 Å². The van der Waals surface area contributed by atoms with Crippen LogP contribution in [0.4, 0.5) is 0 Å². The van der Waals surface area contributed by atoms with Gasteiger partial charge in [-0.2, -0.15) is 0 Å². The molecule has 3 aromatic heterocycles. The average Bonchev–Trinajstić information content (AvgIpc) is 3.27. The summed E-state index contributed by atoms with van der Waals surface area (Å²) in [5.74, 6) is 0.0277. The van der Waals surface area contributed by atoms with Crippen LogP contribution in [0, 0.1) is 0 Å². The summed E-state index contributed by atoms with van der Waals surface area (Å²) >= 11 is 9.50. The molecule has 124 valence electrons. The number of hydrogen-bond acceptors (Lipinski definition) is 4. The third-order valence-corrected chi connectivity index (χ3v) is 6.43. The van der Waals surface area contributed by atoms with Crippen molar-refractivity contribution in [2.24, 2.45) is 0 Å². The molecular weight excluding hydrogens is 362 g/mol. The fourth-order valence-electron chi connectivity index (χ4n) is 3.27. The number of amides is 1. The van der Waals surface area contributed by atoms with Crippen molar-refractivity contribution in [2.45, 2.75) is 25.8 Å². The number of rotatable bonds is 3. The second-order valence-corrected chi connectivity index (χ2v) is 7.91. The van der Waals surface area contributed by atoms with Crippen molar-refractivity contribution in [2.75, 3.05) is 6.54 Å². The van der Waals surface area contributed by atoms with E-state index < -0.39 is 0 Å². The Kier molecular flexibility index (Phi) is 4.20. The van der Waals surface area contributed by atoms with Crippen molar-refractivity contribution < 1.29 is 4.79 Å². The predicted octanol–water partition coefficient (Wildman–Crippen LogP) is 4.66. The maximum atomic E-state index is 12.8. The smallest absolute Gasteiger partial charge is 0.247 e. The molecule has 1 aliphatic rings. The Morgan fingerprint density at radius 1 is 1.46 bits per heavy atom. The molecule has 1 amide bonds.